The summed E-state index contributed by atoms with van der Waals surface area (Å²) in [7, 11) is -4.67. The van der Waals surface area contributed by atoms with Gasteiger partial charge in [0.25, 0.3) is 0 Å². The summed E-state index contributed by atoms with van der Waals surface area (Å²) in [5.74, 6) is 0. The summed E-state index contributed by atoms with van der Waals surface area (Å²) < 4.78 is 31.6. The summed E-state index contributed by atoms with van der Waals surface area (Å²) in [6.07, 6.45) is 0. The molecule has 6 nitrogen and oxygen atoms in total. The van der Waals surface area contributed by atoms with Gasteiger partial charge in [-0.05, 0) is 0 Å². The standard InChI is InChI=1S/2ClH.2Na.H2O4S.H2O2/c;;;;1-5(2,3)4;1-2/h2*1H;;;(H2,1,2,3,4);1-2H/q;;2*+1;;/p-2. The van der Waals surface area contributed by atoms with E-state index in [0.717, 1.165) is 0 Å². The molecule has 62 valence electrons. The van der Waals surface area contributed by atoms with E-state index in [1.807, 2.05) is 0 Å². The summed E-state index contributed by atoms with van der Waals surface area (Å²) in [5.41, 5.74) is 0. The zero-order chi connectivity index (χ0) is 6.50. The van der Waals surface area contributed by atoms with Gasteiger partial charge in [0.15, 0.2) is 0 Å². The van der Waals surface area contributed by atoms with Gasteiger partial charge in [-0.3, -0.25) is 19.6 Å². The van der Waals surface area contributed by atoms with Gasteiger partial charge in [-0.15, -0.1) is 0 Å². The third kappa shape index (κ3) is 237. The maximum absolute atomic E-state index is 8.74. The van der Waals surface area contributed by atoms with Gasteiger partial charge >= 0.3 is 69.5 Å². The van der Waals surface area contributed by atoms with E-state index in [1.54, 1.807) is 0 Å². The molecule has 0 aliphatic rings. The molecule has 0 heterocycles. The van der Waals surface area contributed by atoms with E-state index in [2.05, 4.69) is 0 Å². The van der Waals surface area contributed by atoms with E-state index >= 15 is 0 Å². The molecule has 0 aromatic heterocycles. The number of hydrogen-bond acceptors (Lipinski definition) is 4. The first kappa shape index (κ1) is 37.7. The molecule has 0 saturated heterocycles. The summed E-state index contributed by atoms with van der Waals surface area (Å²) in [5, 5.41) is 12.0. The Kier molecular flexibility index (Phi) is 78.2. The summed E-state index contributed by atoms with van der Waals surface area (Å²) in [6, 6.07) is 0. The molecule has 0 unspecified atom stereocenters. The predicted octanol–water partition coefficient (Wildman–Crippen LogP) is -12.6. The Morgan fingerprint density at radius 3 is 0.818 bits per heavy atom. The normalized spacial score (nSPS) is 5.82. The van der Waals surface area contributed by atoms with Crippen LogP contribution in [0, 0.1) is 0 Å². The number of hydrogen-bond donors (Lipinski definition) is 4. The van der Waals surface area contributed by atoms with Crippen LogP contribution >= 0.6 is 0 Å². The van der Waals surface area contributed by atoms with Crippen LogP contribution in [0.5, 0.6) is 0 Å². The van der Waals surface area contributed by atoms with Crippen LogP contribution in [0.25, 0.3) is 0 Å². The molecule has 0 saturated carbocycles. The van der Waals surface area contributed by atoms with Crippen LogP contribution in [0.1, 0.15) is 0 Å². The summed E-state index contributed by atoms with van der Waals surface area (Å²) in [4.78, 5) is 0. The van der Waals surface area contributed by atoms with Crippen LogP contribution in [0.4, 0.5) is 0 Å². The van der Waals surface area contributed by atoms with Crippen molar-refractivity contribution in [1.29, 1.82) is 0 Å². The molecule has 0 aliphatic heterocycles. The average molecular weight is 249 g/mol. The molecule has 0 atom stereocenters. The van der Waals surface area contributed by atoms with E-state index in [9.17, 15) is 0 Å². The Labute approximate surface area is 121 Å². The molecule has 4 N–H and O–H groups in total. The van der Waals surface area contributed by atoms with Crippen molar-refractivity contribution in [2.75, 3.05) is 0 Å². The van der Waals surface area contributed by atoms with Crippen LogP contribution in [0.15, 0.2) is 0 Å². The van der Waals surface area contributed by atoms with Gasteiger partial charge in [-0.2, -0.15) is 8.42 Å². The number of halogens is 2. The minimum Gasteiger partial charge on any atom is -1.00 e. The monoisotopic (exact) mass is 248 g/mol. The topological polar surface area (TPSA) is 115 Å². The zero-order valence-electron chi connectivity index (χ0n) is 5.77. The molecule has 0 fully saturated rings. The van der Waals surface area contributed by atoms with Crippen molar-refractivity contribution < 1.29 is 112 Å². The molecule has 0 amide bonds. The van der Waals surface area contributed by atoms with Crippen LogP contribution in [-0.4, -0.2) is 28.0 Å². The fourth-order valence-corrected chi connectivity index (χ4v) is 0. The SMILES string of the molecule is O=S(=O)(O)O.OO.[Cl-].[Cl-].[Na+].[Na+]. The molecular weight excluding hydrogens is 245 g/mol. The van der Waals surface area contributed by atoms with Crippen molar-refractivity contribution in [3.05, 3.63) is 0 Å². The van der Waals surface area contributed by atoms with Gasteiger partial charge in [0.1, 0.15) is 0 Å². The molecule has 0 bridgehead atoms. The largest absolute Gasteiger partial charge is 1.00 e. The molecule has 0 aromatic carbocycles. The first-order valence-corrected chi connectivity index (χ1v) is 2.30. The van der Waals surface area contributed by atoms with Crippen molar-refractivity contribution in [1.82, 2.24) is 0 Å². The van der Waals surface area contributed by atoms with Crippen LogP contribution in [-0.2, 0) is 10.4 Å². The van der Waals surface area contributed by atoms with Gasteiger partial charge in [0, 0.05) is 0 Å². The van der Waals surface area contributed by atoms with Gasteiger partial charge in [-0.25, -0.2) is 0 Å². The summed E-state index contributed by atoms with van der Waals surface area (Å²) >= 11 is 0. The zero-order valence-corrected chi connectivity index (χ0v) is 12.1. The van der Waals surface area contributed by atoms with E-state index in [4.69, 9.17) is 28.0 Å². The minimum atomic E-state index is -4.67. The maximum Gasteiger partial charge on any atom is 1.00 e. The fraction of sp³-hybridized carbons (Fsp3) is 0. The smallest absolute Gasteiger partial charge is 1.00 e. The first-order chi connectivity index (χ1) is 3.00. The first-order valence-electron chi connectivity index (χ1n) is 0.898. The third-order valence-corrected chi connectivity index (χ3v) is 0. The Morgan fingerprint density at radius 2 is 0.818 bits per heavy atom. The molecule has 0 aliphatic carbocycles. The van der Waals surface area contributed by atoms with Crippen molar-refractivity contribution in [2.24, 2.45) is 0 Å². The van der Waals surface area contributed by atoms with Gasteiger partial charge in [-0.1, -0.05) is 0 Å². The maximum atomic E-state index is 8.74. The molecule has 0 radical (unpaired) electrons. The predicted molar refractivity (Wildman–Crippen MR) is 19.4 cm³/mol. The Morgan fingerprint density at radius 1 is 0.818 bits per heavy atom. The van der Waals surface area contributed by atoms with Crippen molar-refractivity contribution in [3.8, 4) is 0 Å². The summed E-state index contributed by atoms with van der Waals surface area (Å²) in [6.45, 7) is 0. The molecule has 11 heavy (non-hydrogen) atoms. The van der Waals surface area contributed by atoms with Crippen molar-refractivity contribution >= 4 is 10.4 Å². The molecule has 0 spiro atoms. The van der Waals surface area contributed by atoms with Crippen molar-refractivity contribution in [2.45, 2.75) is 0 Å². The van der Waals surface area contributed by atoms with E-state index in [0.29, 0.717) is 0 Å². The van der Waals surface area contributed by atoms with E-state index < -0.39 is 10.4 Å². The minimum absolute atomic E-state index is 0. The van der Waals surface area contributed by atoms with Gasteiger partial charge < -0.3 is 24.8 Å². The van der Waals surface area contributed by atoms with Gasteiger partial charge in [0.05, 0.1) is 0 Å². The second kappa shape index (κ2) is 22.8. The quantitative estimate of drug-likeness (QED) is 0.147. The number of rotatable bonds is 0. The Hall–Kier alpha value is 2.37. The van der Waals surface area contributed by atoms with Gasteiger partial charge in [0.2, 0.25) is 0 Å². The molecule has 0 aromatic rings. The Bertz CT molecular complexity index is 102. The molecule has 11 heteroatoms. The third-order valence-electron chi connectivity index (χ3n) is 0. The van der Waals surface area contributed by atoms with Crippen LogP contribution < -0.4 is 83.9 Å². The fourth-order valence-electron chi connectivity index (χ4n) is 0. The second-order valence-corrected chi connectivity index (χ2v) is 1.34. The molecule has 0 rings (SSSR count). The van der Waals surface area contributed by atoms with Crippen LogP contribution in [0.2, 0.25) is 0 Å². The second-order valence-electron chi connectivity index (χ2n) is 0.448. The molecular formula is H4Cl2Na2O6S. The average Bonchev–Trinajstić information content (AvgIpc) is 1.36. The Balaban J connectivity index is -0.00000000972. The van der Waals surface area contributed by atoms with E-state index in [1.165, 1.54) is 0 Å². The van der Waals surface area contributed by atoms with Crippen LogP contribution in [0.3, 0.4) is 0 Å². The van der Waals surface area contributed by atoms with Crippen molar-refractivity contribution in [3.63, 3.8) is 0 Å². The van der Waals surface area contributed by atoms with E-state index in [-0.39, 0.29) is 83.9 Å².